The molecule has 1 amide bonds. The second-order valence-corrected chi connectivity index (χ2v) is 15.5. The molecule has 2 aliphatic rings. The van der Waals surface area contributed by atoms with Crippen LogP contribution in [0.15, 0.2) is 65.8 Å². The van der Waals surface area contributed by atoms with Gasteiger partial charge in [0.25, 0.3) is 15.9 Å². The molecule has 0 radical (unpaired) electrons. The van der Waals surface area contributed by atoms with Crippen LogP contribution in [0.2, 0.25) is 0 Å². The van der Waals surface area contributed by atoms with Crippen LogP contribution in [0.5, 0.6) is 5.75 Å². The van der Waals surface area contributed by atoms with E-state index in [2.05, 4.69) is 45.4 Å². The number of carbonyl (C=O) groups excluding carboxylic acids is 1. The molecule has 2 aromatic heterocycles. The lowest BCUT2D eigenvalue weighted by molar-refractivity contribution is 0.0588. The molecule has 1 aliphatic carbocycles. The highest BCUT2D eigenvalue weighted by molar-refractivity contribution is 7.92. The summed E-state index contributed by atoms with van der Waals surface area (Å²) in [5, 5.41) is 0. The summed E-state index contributed by atoms with van der Waals surface area (Å²) in [4.78, 5) is 34.6. The predicted octanol–water partition coefficient (Wildman–Crippen LogP) is 6.68. The fraction of sp³-hybridized carbons (Fsp3) is 0.417. The number of fused-ring (bicyclic) bond motifs is 4. The second kappa shape index (κ2) is 13.0. The van der Waals surface area contributed by atoms with Crippen LogP contribution in [0.3, 0.4) is 0 Å². The number of ether oxygens (including phenoxy) is 1. The average Bonchev–Trinajstić information content (AvgIpc) is 2.99. The Bertz CT molecular complexity index is 1860. The van der Waals surface area contributed by atoms with Gasteiger partial charge in [0.2, 0.25) is 5.95 Å². The molecule has 10 nitrogen and oxygen atoms in total. The first-order valence-corrected chi connectivity index (χ1v) is 17.7. The van der Waals surface area contributed by atoms with E-state index in [1.165, 1.54) is 12.1 Å². The van der Waals surface area contributed by atoms with Crippen molar-refractivity contribution in [2.24, 2.45) is 5.41 Å². The molecule has 0 spiro atoms. The van der Waals surface area contributed by atoms with Crippen molar-refractivity contribution in [3.05, 3.63) is 89.1 Å². The number of nitrogens with zero attached hydrogens (tertiary/aromatic N) is 5. The van der Waals surface area contributed by atoms with Crippen LogP contribution < -0.4 is 9.46 Å². The number of anilines is 1. The Kier molecular flexibility index (Phi) is 9.02. The lowest BCUT2D eigenvalue weighted by atomic mass is 9.85. The molecule has 1 fully saturated rings. The van der Waals surface area contributed by atoms with Gasteiger partial charge in [-0.25, -0.2) is 33.1 Å². The van der Waals surface area contributed by atoms with E-state index < -0.39 is 10.0 Å². The zero-order chi connectivity index (χ0) is 33.3. The molecule has 1 N–H and O–H groups in total. The third-order valence-electron chi connectivity index (χ3n) is 8.77. The summed E-state index contributed by atoms with van der Waals surface area (Å²) in [6.07, 6.45) is 8.54. The first-order chi connectivity index (χ1) is 22.3. The molecule has 11 heteroatoms. The topological polar surface area (TPSA) is 127 Å². The van der Waals surface area contributed by atoms with Gasteiger partial charge >= 0.3 is 0 Å². The van der Waals surface area contributed by atoms with Gasteiger partial charge in [-0.1, -0.05) is 45.0 Å². The van der Waals surface area contributed by atoms with Gasteiger partial charge in [-0.2, -0.15) is 0 Å². The molecule has 1 atom stereocenters. The van der Waals surface area contributed by atoms with Gasteiger partial charge in [0.05, 0.1) is 35.6 Å². The van der Waals surface area contributed by atoms with Crippen molar-refractivity contribution in [1.82, 2.24) is 24.8 Å². The molecule has 1 aliphatic heterocycles. The fourth-order valence-corrected chi connectivity index (χ4v) is 7.22. The Morgan fingerprint density at radius 3 is 2.32 bits per heavy atom. The molecule has 0 saturated heterocycles. The van der Waals surface area contributed by atoms with Crippen LogP contribution in [-0.2, 0) is 23.0 Å². The van der Waals surface area contributed by atoms with Gasteiger partial charge < -0.3 is 9.64 Å². The number of aromatic nitrogens is 4. The summed E-state index contributed by atoms with van der Waals surface area (Å²) in [6, 6.07) is 13.8. The molecule has 2 aromatic carbocycles. The smallest absolute Gasteiger partial charge is 0.264 e. The van der Waals surface area contributed by atoms with Crippen molar-refractivity contribution < 1.29 is 17.9 Å². The quantitative estimate of drug-likeness (QED) is 0.244. The fourth-order valence-electron chi connectivity index (χ4n) is 6.23. The second-order valence-electron chi connectivity index (χ2n) is 13.9. The van der Waals surface area contributed by atoms with E-state index in [4.69, 9.17) is 4.74 Å². The average molecular weight is 655 g/mol. The number of hydrogen-bond acceptors (Lipinski definition) is 8. The van der Waals surface area contributed by atoms with Crippen molar-refractivity contribution in [2.75, 3.05) is 4.72 Å². The number of aryl methyl sites for hydroxylation is 3. The van der Waals surface area contributed by atoms with Gasteiger partial charge in [-0.3, -0.25) is 4.79 Å². The Balaban J connectivity index is 1.43. The first-order valence-electron chi connectivity index (χ1n) is 16.2. The molecule has 4 aromatic rings. The largest absolute Gasteiger partial charge is 0.487 e. The summed E-state index contributed by atoms with van der Waals surface area (Å²) in [6.45, 7) is 10.6. The molecule has 1 saturated carbocycles. The summed E-state index contributed by atoms with van der Waals surface area (Å²) >= 11 is 0. The Morgan fingerprint density at radius 1 is 0.957 bits per heavy atom. The Labute approximate surface area is 277 Å². The summed E-state index contributed by atoms with van der Waals surface area (Å²) in [7, 11) is -4.12. The van der Waals surface area contributed by atoms with Crippen molar-refractivity contribution in [1.29, 1.82) is 0 Å². The van der Waals surface area contributed by atoms with E-state index in [0.717, 1.165) is 36.0 Å². The summed E-state index contributed by atoms with van der Waals surface area (Å²) in [5.74, 6) is 0.807. The van der Waals surface area contributed by atoms with Crippen LogP contribution in [-0.4, -0.2) is 51.3 Å². The maximum Gasteiger partial charge on any atom is 0.264 e. The van der Waals surface area contributed by atoms with Gasteiger partial charge in [0.15, 0.2) is 5.75 Å². The van der Waals surface area contributed by atoms with Crippen molar-refractivity contribution in [3.8, 4) is 17.0 Å². The van der Waals surface area contributed by atoms with Gasteiger partial charge in [0.1, 0.15) is 5.82 Å². The van der Waals surface area contributed by atoms with Gasteiger partial charge in [-0.05, 0) is 93.2 Å². The number of benzene rings is 2. The Hall–Kier alpha value is -4.38. The first kappa shape index (κ1) is 32.6. The molecule has 4 bridgehead atoms. The van der Waals surface area contributed by atoms with Crippen molar-refractivity contribution in [3.63, 3.8) is 0 Å². The van der Waals surface area contributed by atoms with Crippen LogP contribution in [0, 0.1) is 19.3 Å². The molecular formula is C36H42N6O4S. The van der Waals surface area contributed by atoms with E-state index in [1.54, 1.807) is 29.4 Å². The highest BCUT2D eigenvalue weighted by Gasteiger charge is 2.31. The van der Waals surface area contributed by atoms with Crippen LogP contribution >= 0.6 is 0 Å². The molecule has 246 valence electrons. The summed E-state index contributed by atoms with van der Waals surface area (Å²) < 4.78 is 35.9. The summed E-state index contributed by atoms with van der Waals surface area (Å²) in [5.41, 5.74) is 4.46. The highest BCUT2D eigenvalue weighted by Crippen LogP contribution is 2.32. The number of rotatable bonds is 6. The number of hydrogen-bond donors (Lipinski definition) is 1. The lowest BCUT2D eigenvalue weighted by Gasteiger charge is -2.36. The van der Waals surface area contributed by atoms with Gasteiger partial charge in [-0.15, -0.1) is 0 Å². The van der Waals surface area contributed by atoms with E-state index in [9.17, 15) is 13.2 Å². The number of amides is 1. The highest BCUT2D eigenvalue weighted by atomic mass is 32.2. The maximum atomic E-state index is 14.4. The number of carbonyl (C=O) groups is 1. The lowest BCUT2D eigenvalue weighted by Crippen LogP contribution is -2.42. The van der Waals surface area contributed by atoms with E-state index in [1.807, 2.05) is 38.1 Å². The van der Waals surface area contributed by atoms with Crippen LogP contribution in [0.25, 0.3) is 11.3 Å². The van der Waals surface area contributed by atoms with Crippen molar-refractivity contribution >= 4 is 21.9 Å². The minimum Gasteiger partial charge on any atom is -0.487 e. The van der Waals surface area contributed by atoms with E-state index in [0.29, 0.717) is 42.2 Å². The molecule has 6 rings (SSSR count). The third-order valence-corrected chi connectivity index (χ3v) is 10.1. The minimum absolute atomic E-state index is 0.00188. The molecule has 3 heterocycles. The third kappa shape index (κ3) is 7.62. The standard InChI is InChI=1S/C36H42N6O4S/c1-23-9-6-10-24(2)33(23)31-18-26-15-16-27(19-36(3,4)5)42(22-32-37-20-29(21-38-32)46-28-12-8-13-28)34(43)25-11-7-14-30(17-25)47(44,45)41-35(39-26)40-31/h6-7,9-11,14,17-18,20-21,27-28H,8,12-13,15-16,19,22H2,1-5H3,(H,39,40,41)/t27-/m0/s1. The van der Waals surface area contributed by atoms with Crippen LogP contribution in [0.4, 0.5) is 5.95 Å². The number of nitrogens with one attached hydrogen (secondary N) is 1. The molecule has 47 heavy (non-hydrogen) atoms. The maximum absolute atomic E-state index is 14.4. The normalized spacial score (nSPS) is 18.3. The minimum atomic E-state index is -4.12. The number of sulfonamides is 1. The predicted molar refractivity (Wildman–Crippen MR) is 181 cm³/mol. The monoisotopic (exact) mass is 654 g/mol. The zero-order valence-corrected chi connectivity index (χ0v) is 28.5. The molecular weight excluding hydrogens is 613 g/mol. The van der Waals surface area contributed by atoms with E-state index >= 15 is 0 Å². The SMILES string of the molecule is Cc1cccc(C)c1-c1cc2nc(n1)NS(=O)(=O)c1cccc(c1)C(=O)N(Cc1ncc(OC3CCC3)cn1)[C@H](CC(C)(C)C)CC2. The molecule has 0 unspecified atom stereocenters. The Morgan fingerprint density at radius 2 is 1.66 bits per heavy atom. The zero-order valence-electron chi connectivity index (χ0n) is 27.7. The van der Waals surface area contributed by atoms with Crippen molar-refractivity contribution in [2.45, 2.75) is 96.7 Å². The van der Waals surface area contributed by atoms with Gasteiger partial charge in [0, 0.05) is 22.9 Å². The van der Waals surface area contributed by atoms with Crippen LogP contribution in [0.1, 0.15) is 85.9 Å². The van der Waals surface area contributed by atoms with E-state index in [-0.39, 0.29) is 46.4 Å².